The van der Waals surface area contributed by atoms with Crippen molar-refractivity contribution in [2.45, 2.75) is 48.0 Å². The van der Waals surface area contributed by atoms with Gasteiger partial charge in [0, 0.05) is 0 Å². The van der Waals surface area contributed by atoms with Crippen molar-refractivity contribution in [2.75, 3.05) is 0 Å². The summed E-state index contributed by atoms with van der Waals surface area (Å²) in [6.45, 7) is 16.7. The lowest BCUT2D eigenvalue weighted by Crippen LogP contribution is -2.17. The molecule has 0 rings (SSSR count). The number of hydrogen-bond acceptors (Lipinski definition) is 1. The molecule has 0 aromatic rings. The Morgan fingerprint density at radius 2 is 1.43 bits per heavy atom. The Morgan fingerprint density at radius 3 is 1.43 bits per heavy atom. The van der Waals surface area contributed by atoms with Crippen molar-refractivity contribution < 1.29 is 0 Å². The van der Waals surface area contributed by atoms with Gasteiger partial charge in [-0.3, -0.25) is 0 Å². The zero-order valence-electron chi connectivity index (χ0n) is 10.6. The summed E-state index contributed by atoms with van der Waals surface area (Å²) >= 11 is 0. The van der Waals surface area contributed by atoms with Gasteiger partial charge in [-0.15, -0.1) is 31.4 Å². The molecule has 0 aliphatic rings. The van der Waals surface area contributed by atoms with Crippen molar-refractivity contribution in [2.24, 2.45) is 11.3 Å². The molecule has 0 aliphatic carbocycles. The van der Waals surface area contributed by atoms with Crippen LogP contribution >= 0.6 is 24.8 Å². The van der Waals surface area contributed by atoms with E-state index in [9.17, 15) is 0 Å². The van der Waals surface area contributed by atoms with Crippen LogP contribution in [0.15, 0.2) is 12.7 Å². The van der Waals surface area contributed by atoms with Crippen molar-refractivity contribution in [1.29, 1.82) is 0 Å². The fourth-order valence-electron chi connectivity index (χ4n) is 0.408. The van der Waals surface area contributed by atoms with Crippen LogP contribution in [0.25, 0.3) is 0 Å². The summed E-state index contributed by atoms with van der Waals surface area (Å²) in [5, 5.41) is 0. The number of rotatable bonds is 2. The van der Waals surface area contributed by atoms with Crippen molar-refractivity contribution in [1.82, 2.24) is 6.15 Å². The molecule has 14 heavy (non-hydrogen) atoms. The zero-order valence-corrected chi connectivity index (χ0v) is 12.2. The fourth-order valence-corrected chi connectivity index (χ4v) is 0.408. The largest absolute Gasteiger partial charge is 0.344 e. The molecule has 0 saturated carbocycles. The summed E-state index contributed by atoms with van der Waals surface area (Å²) in [7, 11) is 0. The van der Waals surface area contributed by atoms with E-state index in [1.807, 2.05) is 6.92 Å². The molecule has 0 aromatic carbocycles. The first-order valence-corrected chi connectivity index (χ1v) is 4.49. The summed E-state index contributed by atoms with van der Waals surface area (Å²) < 4.78 is 0. The Kier molecular flexibility index (Phi) is 32.9. The van der Waals surface area contributed by atoms with Crippen LogP contribution in [0.4, 0.5) is 0 Å². The van der Waals surface area contributed by atoms with Crippen LogP contribution in [0.2, 0.25) is 0 Å². The van der Waals surface area contributed by atoms with Gasteiger partial charge >= 0.3 is 0 Å². The zero-order chi connectivity index (χ0) is 9.49. The minimum Gasteiger partial charge on any atom is -0.344 e. The van der Waals surface area contributed by atoms with Crippen molar-refractivity contribution in [3.05, 3.63) is 12.7 Å². The van der Waals surface area contributed by atoms with Crippen LogP contribution in [0.5, 0.6) is 0 Å². The lowest BCUT2D eigenvalue weighted by atomic mass is 9.79. The highest BCUT2D eigenvalue weighted by Crippen LogP contribution is 2.28. The fraction of sp³-hybridized carbons (Fsp3) is 0.818. The van der Waals surface area contributed by atoms with E-state index in [0.717, 1.165) is 5.92 Å². The third kappa shape index (κ3) is 18.1. The summed E-state index contributed by atoms with van der Waals surface area (Å²) in [6, 6.07) is 0. The molecule has 3 heteroatoms. The lowest BCUT2D eigenvalue weighted by Gasteiger charge is -2.27. The van der Waals surface area contributed by atoms with Gasteiger partial charge in [-0.1, -0.05) is 47.1 Å². The monoisotopic (exact) mass is 245 g/mol. The predicted molar refractivity (Wildman–Crippen MR) is 74.3 cm³/mol. The molecule has 0 atom stereocenters. The Morgan fingerprint density at radius 1 is 1.21 bits per heavy atom. The Balaban J connectivity index is -0.0000000405. The van der Waals surface area contributed by atoms with Gasteiger partial charge in [0.25, 0.3) is 0 Å². The number of allylic oxidation sites excluding steroid dienone is 1. The molecule has 0 unspecified atom stereocenters. The molecule has 0 amide bonds. The van der Waals surface area contributed by atoms with E-state index in [2.05, 4.69) is 41.2 Å². The van der Waals surface area contributed by atoms with Crippen LogP contribution in [0, 0.1) is 11.3 Å². The highest BCUT2D eigenvalue weighted by atomic mass is 35.5. The van der Waals surface area contributed by atoms with Crippen molar-refractivity contribution in [3.63, 3.8) is 0 Å². The van der Waals surface area contributed by atoms with Gasteiger partial charge < -0.3 is 6.15 Å². The van der Waals surface area contributed by atoms with Gasteiger partial charge in [0.2, 0.25) is 0 Å². The molecule has 0 bridgehead atoms. The number of halogens is 2. The van der Waals surface area contributed by atoms with Crippen LogP contribution < -0.4 is 6.15 Å². The molecule has 0 aliphatic heterocycles. The van der Waals surface area contributed by atoms with E-state index >= 15 is 0 Å². The van der Waals surface area contributed by atoms with Crippen LogP contribution in [0.1, 0.15) is 48.0 Å². The Labute approximate surface area is 103 Å². The maximum Gasteiger partial charge on any atom is -0.0334 e. The maximum atomic E-state index is 3.36. The van der Waals surface area contributed by atoms with Crippen LogP contribution in [0.3, 0.4) is 0 Å². The highest BCUT2D eigenvalue weighted by molar-refractivity contribution is 5.85. The van der Waals surface area contributed by atoms with E-state index in [4.69, 9.17) is 0 Å². The summed E-state index contributed by atoms with van der Waals surface area (Å²) in [6.07, 6.45) is 3.03. The second-order valence-electron chi connectivity index (χ2n) is 3.91. The van der Waals surface area contributed by atoms with E-state index in [1.54, 1.807) is 6.08 Å². The third-order valence-corrected chi connectivity index (χ3v) is 2.47. The second-order valence-corrected chi connectivity index (χ2v) is 3.91. The van der Waals surface area contributed by atoms with Gasteiger partial charge in [0.05, 0.1) is 0 Å². The van der Waals surface area contributed by atoms with E-state index < -0.39 is 0 Å². The molecular formula is C11H29Cl2N. The average Bonchev–Trinajstić information content (AvgIpc) is 1.89. The van der Waals surface area contributed by atoms with Gasteiger partial charge in [0.15, 0.2) is 0 Å². The third-order valence-electron chi connectivity index (χ3n) is 2.47. The summed E-state index contributed by atoms with van der Waals surface area (Å²) in [5.41, 5.74) is 0.542. The van der Waals surface area contributed by atoms with Crippen molar-refractivity contribution >= 4 is 24.8 Å². The molecule has 0 fully saturated rings. The number of hydrogen-bond donors (Lipinski definition) is 1. The van der Waals surface area contributed by atoms with Crippen LogP contribution in [-0.4, -0.2) is 0 Å². The topological polar surface area (TPSA) is 35.0 Å². The Hall–Kier alpha value is 0.280. The van der Waals surface area contributed by atoms with Gasteiger partial charge in [-0.25, -0.2) is 0 Å². The first-order chi connectivity index (χ1) is 4.92. The lowest BCUT2D eigenvalue weighted by molar-refractivity contribution is 0.240. The van der Waals surface area contributed by atoms with Gasteiger partial charge in [-0.2, -0.15) is 0 Å². The molecular weight excluding hydrogens is 217 g/mol. The molecule has 0 spiro atoms. The summed E-state index contributed by atoms with van der Waals surface area (Å²) in [5.74, 6) is 0.812. The van der Waals surface area contributed by atoms with E-state index in [0.29, 0.717) is 5.41 Å². The van der Waals surface area contributed by atoms with E-state index in [1.165, 1.54) is 6.42 Å². The van der Waals surface area contributed by atoms with Crippen molar-refractivity contribution in [3.8, 4) is 0 Å². The molecule has 3 N–H and O–H groups in total. The Bertz CT molecular complexity index is 101. The highest BCUT2D eigenvalue weighted by Gasteiger charge is 2.18. The van der Waals surface area contributed by atoms with Crippen LogP contribution in [-0.2, 0) is 0 Å². The SMILES string of the molecule is C=CC.CCC(C)(C)C(C)C.Cl.Cl.N. The van der Waals surface area contributed by atoms with Gasteiger partial charge in [0.1, 0.15) is 0 Å². The molecule has 0 saturated heterocycles. The normalized spacial score (nSPS) is 8.21. The quantitative estimate of drug-likeness (QED) is 0.661. The first-order valence-electron chi connectivity index (χ1n) is 4.49. The maximum absolute atomic E-state index is 3.36. The predicted octanol–water partition coefficient (Wildman–Crippen LogP) is 5.28. The van der Waals surface area contributed by atoms with E-state index in [-0.39, 0.29) is 31.0 Å². The molecule has 0 radical (unpaired) electrons. The minimum atomic E-state index is 0. The first kappa shape index (κ1) is 29.2. The minimum absolute atomic E-state index is 0. The van der Waals surface area contributed by atoms with Gasteiger partial charge in [-0.05, 0) is 18.3 Å². The smallest absolute Gasteiger partial charge is 0.0334 e. The summed E-state index contributed by atoms with van der Waals surface area (Å²) in [4.78, 5) is 0. The molecule has 0 aromatic heterocycles. The molecule has 0 heterocycles. The molecule has 92 valence electrons. The molecule has 1 nitrogen and oxygen atoms in total. The second kappa shape index (κ2) is 15.7. The standard InChI is InChI=1S/C8H18.C3H6.2ClH.H3N/c1-6-8(4,5)7(2)3;1-3-2;;;/h7H,6H2,1-5H3;3H,1H2,2H3;2*1H;1H3. The average molecular weight is 246 g/mol.